The van der Waals surface area contributed by atoms with Crippen molar-refractivity contribution in [3.8, 4) is 5.75 Å². The quantitative estimate of drug-likeness (QED) is 0.795. The molecule has 0 atom stereocenters. The third-order valence-electron chi connectivity index (χ3n) is 3.50. The van der Waals surface area contributed by atoms with Crippen LogP contribution in [-0.2, 0) is 19.2 Å². The number of hydrogen-bond donors (Lipinski definition) is 0. The highest BCUT2D eigenvalue weighted by Crippen LogP contribution is 2.35. The highest BCUT2D eigenvalue weighted by Gasteiger charge is 2.24. The van der Waals surface area contributed by atoms with Gasteiger partial charge in [-0.3, -0.25) is 0 Å². The molecule has 0 aromatic heterocycles. The van der Waals surface area contributed by atoms with Crippen LogP contribution in [0.25, 0.3) is 0 Å². The summed E-state index contributed by atoms with van der Waals surface area (Å²) in [6.45, 7) is 7.45. The maximum atomic E-state index is 11.5. The summed E-state index contributed by atoms with van der Waals surface area (Å²) in [5.74, 6) is 0.721. The summed E-state index contributed by atoms with van der Waals surface area (Å²) < 4.78 is 34.4. The Hall–Kier alpha value is -0.780. The zero-order chi connectivity index (χ0) is 15.7. The Kier molecular flexibility index (Phi) is 4.85. The minimum absolute atomic E-state index is 0.105. The van der Waals surface area contributed by atoms with Crippen molar-refractivity contribution in [2.24, 2.45) is 0 Å². The molecule has 4 nitrogen and oxygen atoms in total. The second kappa shape index (κ2) is 6.15. The van der Waals surface area contributed by atoms with Crippen LogP contribution in [0.4, 0.5) is 0 Å². The van der Waals surface area contributed by atoms with Crippen molar-refractivity contribution in [3.05, 3.63) is 23.8 Å². The van der Waals surface area contributed by atoms with Crippen molar-refractivity contribution in [1.82, 2.24) is 0 Å². The van der Waals surface area contributed by atoms with Crippen LogP contribution in [0.2, 0.25) is 0 Å². The molecule has 0 amide bonds. The minimum Gasteiger partial charge on any atom is -0.490 e. The molecular weight excluding hydrogens is 312 g/mol. The second-order valence-corrected chi connectivity index (χ2v) is 8.84. The molecule has 1 saturated heterocycles. The fourth-order valence-electron chi connectivity index (χ4n) is 2.32. The van der Waals surface area contributed by atoms with Gasteiger partial charge in [-0.2, -0.15) is 0 Å². The lowest BCUT2D eigenvalue weighted by atomic mass is 9.86. The smallest absolute Gasteiger partial charge is 0.261 e. The summed E-state index contributed by atoms with van der Waals surface area (Å²) in [4.78, 5) is 0.105. The summed E-state index contributed by atoms with van der Waals surface area (Å²) in [5.41, 5.74) is 0.605. The topological polar surface area (TPSA) is 52.6 Å². The van der Waals surface area contributed by atoms with Crippen molar-refractivity contribution in [3.63, 3.8) is 0 Å². The highest BCUT2D eigenvalue weighted by molar-refractivity contribution is 8.13. The average Bonchev–Trinajstić information content (AvgIpc) is 2.38. The van der Waals surface area contributed by atoms with Gasteiger partial charge in [0, 0.05) is 29.1 Å². The Morgan fingerprint density at radius 1 is 1.24 bits per heavy atom. The van der Waals surface area contributed by atoms with Gasteiger partial charge in [0.05, 0.1) is 18.1 Å². The van der Waals surface area contributed by atoms with Gasteiger partial charge in [0.25, 0.3) is 9.05 Å². The highest BCUT2D eigenvalue weighted by atomic mass is 35.7. The molecule has 1 heterocycles. The molecule has 6 heteroatoms. The molecule has 1 aliphatic heterocycles. The van der Waals surface area contributed by atoms with E-state index in [9.17, 15) is 8.42 Å². The van der Waals surface area contributed by atoms with Crippen molar-refractivity contribution < 1.29 is 17.9 Å². The van der Waals surface area contributed by atoms with E-state index in [4.69, 9.17) is 20.2 Å². The van der Waals surface area contributed by atoms with E-state index in [1.807, 2.05) is 20.8 Å². The molecule has 21 heavy (non-hydrogen) atoms. The Balaban J connectivity index is 2.36. The molecule has 1 aliphatic rings. The first kappa shape index (κ1) is 16.6. The summed E-state index contributed by atoms with van der Waals surface area (Å²) in [7, 11) is 1.70. The summed E-state index contributed by atoms with van der Waals surface area (Å²) in [5, 5.41) is 0. The van der Waals surface area contributed by atoms with Gasteiger partial charge in [-0.15, -0.1) is 0 Å². The molecule has 0 saturated carbocycles. The van der Waals surface area contributed by atoms with E-state index in [0.29, 0.717) is 13.2 Å². The maximum absolute atomic E-state index is 11.5. The lowest BCUT2D eigenvalue weighted by Crippen LogP contribution is -2.27. The molecule has 118 valence electrons. The molecule has 0 spiro atoms. The first-order chi connectivity index (χ1) is 9.68. The standard InChI is InChI=1S/C15H21ClO4S/c1-15(2,3)13-10-12(21(16,17)18)4-5-14(13)20-11-6-8-19-9-7-11/h4-5,10-11H,6-9H2,1-3H3. The Labute approximate surface area is 130 Å². The largest absolute Gasteiger partial charge is 0.490 e. The Morgan fingerprint density at radius 3 is 2.38 bits per heavy atom. The summed E-state index contributed by atoms with van der Waals surface area (Å²) in [6.07, 6.45) is 1.80. The summed E-state index contributed by atoms with van der Waals surface area (Å²) >= 11 is 0. The SMILES string of the molecule is CC(C)(C)c1cc(S(=O)(=O)Cl)ccc1OC1CCOCC1. The Morgan fingerprint density at radius 2 is 1.86 bits per heavy atom. The predicted molar refractivity (Wildman–Crippen MR) is 82.6 cm³/mol. The zero-order valence-corrected chi connectivity index (χ0v) is 14.1. The normalized spacial score (nSPS) is 17.7. The van der Waals surface area contributed by atoms with Gasteiger partial charge in [-0.1, -0.05) is 20.8 Å². The maximum Gasteiger partial charge on any atom is 0.261 e. The van der Waals surface area contributed by atoms with Gasteiger partial charge in [-0.25, -0.2) is 8.42 Å². The number of rotatable bonds is 3. The van der Waals surface area contributed by atoms with Crippen molar-refractivity contribution >= 4 is 19.7 Å². The number of ether oxygens (including phenoxy) is 2. The molecule has 1 aromatic rings. The average molecular weight is 333 g/mol. The van der Waals surface area contributed by atoms with Crippen LogP contribution >= 0.6 is 10.7 Å². The van der Waals surface area contributed by atoms with E-state index in [0.717, 1.165) is 24.2 Å². The minimum atomic E-state index is -3.74. The fourth-order valence-corrected chi connectivity index (χ4v) is 3.10. The molecule has 0 radical (unpaired) electrons. The fraction of sp³-hybridized carbons (Fsp3) is 0.600. The first-order valence-electron chi connectivity index (χ1n) is 7.01. The molecule has 1 aromatic carbocycles. The van der Waals surface area contributed by atoms with E-state index in [1.54, 1.807) is 12.1 Å². The van der Waals surface area contributed by atoms with Crippen LogP contribution < -0.4 is 4.74 Å². The van der Waals surface area contributed by atoms with Crippen LogP contribution in [0.15, 0.2) is 23.1 Å². The van der Waals surface area contributed by atoms with Crippen molar-refractivity contribution in [1.29, 1.82) is 0 Å². The van der Waals surface area contributed by atoms with Gasteiger partial charge in [0.2, 0.25) is 0 Å². The molecular formula is C15H21ClO4S. The van der Waals surface area contributed by atoms with Crippen LogP contribution in [0.5, 0.6) is 5.75 Å². The molecule has 0 aliphatic carbocycles. The van der Waals surface area contributed by atoms with Crippen LogP contribution in [0, 0.1) is 0 Å². The molecule has 0 unspecified atom stereocenters. The van der Waals surface area contributed by atoms with Gasteiger partial charge < -0.3 is 9.47 Å². The van der Waals surface area contributed by atoms with E-state index < -0.39 is 9.05 Å². The lowest BCUT2D eigenvalue weighted by Gasteiger charge is -2.28. The van der Waals surface area contributed by atoms with Crippen LogP contribution in [0.3, 0.4) is 0 Å². The molecule has 0 N–H and O–H groups in total. The molecule has 0 bridgehead atoms. The monoisotopic (exact) mass is 332 g/mol. The van der Waals surface area contributed by atoms with Crippen LogP contribution in [-0.4, -0.2) is 27.7 Å². The van der Waals surface area contributed by atoms with E-state index >= 15 is 0 Å². The van der Waals surface area contributed by atoms with Gasteiger partial charge in [0.1, 0.15) is 11.9 Å². The Bertz CT molecular complexity index is 599. The van der Waals surface area contributed by atoms with Crippen molar-refractivity contribution in [2.45, 2.75) is 50.0 Å². The van der Waals surface area contributed by atoms with Gasteiger partial charge in [0.15, 0.2) is 0 Å². The van der Waals surface area contributed by atoms with E-state index in [-0.39, 0.29) is 16.4 Å². The van der Waals surface area contributed by atoms with Crippen LogP contribution in [0.1, 0.15) is 39.2 Å². The van der Waals surface area contributed by atoms with Crippen molar-refractivity contribution in [2.75, 3.05) is 13.2 Å². The van der Waals surface area contributed by atoms with Gasteiger partial charge >= 0.3 is 0 Å². The number of benzene rings is 1. The third kappa shape index (κ3) is 4.34. The van der Waals surface area contributed by atoms with E-state index in [2.05, 4.69) is 0 Å². The first-order valence-corrected chi connectivity index (χ1v) is 9.32. The van der Waals surface area contributed by atoms with E-state index in [1.165, 1.54) is 6.07 Å². The second-order valence-electron chi connectivity index (χ2n) is 6.28. The third-order valence-corrected chi connectivity index (χ3v) is 4.85. The predicted octanol–water partition coefficient (Wildman–Crippen LogP) is 3.47. The molecule has 1 fully saturated rings. The number of hydrogen-bond acceptors (Lipinski definition) is 4. The number of halogens is 1. The van der Waals surface area contributed by atoms with Gasteiger partial charge in [-0.05, 0) is 23.6 Å². The summed E-state index contributed by atoms with van der Waals surface area (Å²) in [6, 6.07) is 4.80. The molecule has 2 rings (SSSR count). The lowest BCUT2D eigenvalue weighted by molar-refractivity contribution is 0.0248. The zero-order valence-electron chi connectivity index (χ0n) is 12.6.